The van der Waals surface area contributed by atoms with Crippen LogP contribution in [-0.2, 0) is 16.1 Å². The van der Waals surface area contributed by atoms with Crippen LogP contribution in [0.15, 0.2) is 29.3 Å². The Bertz CT molecular complexity index is 613. The average molecular weight is 478 g/mol. The molecule has 7 nitrogen and oxygen atoms in total. The van der Waals surface area contributed by atoms with Crippen molar-refractivity contribution < 1.29 is 14.3 Å². The van der Waals surface area contributed by atoms with Gasteiger partial charge in [0.1, 0.15) is 5.60 Å². The summed E-state index contributed by atoms with van der Waals surface area (Å²) in [5.74, 6) is 0.266. The molecule has 4 N–H and O–H groups in total. The maximum atomic E-state index is 11.9. The van der Waals surface area contributed by atoms with Crippen molar-refractivity contribution in [2.75, 3.05) is 19.0 Å². The first kappa shape index (κ1) is 24.5. The van der Waals surface area contributed by atoms with E-state index in [9.17, 15) is 4.79 Å². The molecule has 0 fully saturated rings. The summed E-state index contributed by atoms with van der Waals surface area (Å²) >= 11 is 0. The molecule has 1 aromatic carbocycles. The lowest BCUT2D eigenvalue weighted by Crippen LogP contribution is -2.48. The van der Waals surface area contributed by atoms with Gasteiger partial charge in [-0.1, -0.05) is 18.2 Å². The maximum Gasteiger partial charge on any atom is 0.408 e. The number of ether oxygens (including phenoxy) is 2. The number of alkyl carbamates (subject to hydrolysis) is 1. The number of nitrogens with two attached hydrogens (primary N) is 1. The molecule has 0 aromatic heterocycles. The minimum absolute atomic E-state index is 0. The fraction of sp³-hybridized carbons (Fsp3) is 0.556. The molecule has 0 radical (unpaired) electrons. The molecular formula is C18H31IN4O3. The Hall–Kier alpha value is -1.55. The number of hydrogen-bond donors (Lipinski definition) is 3. The van der Waals surface area contributed by atoms with Gasteiger partial charge in [-0.05, 0) is 40.7 Å². The number of guanidine groups is 1. The second-order valence-electron chi connectivity index (χ2n) is 7.43. The van der Waals surface area contributed by atoms with Crippen molar-refractivity contribution in [1.82, 2.24) is 5.32 Å². The van der Waals surface area contributed by atoms with E-state index in [1.165, 1.54) is 0 Å². The number of benzene rings is 1. The number of carbonyl (C=O) groups excluding carboxylic acids is 1. The first-order chi connectivity index (χ1) is 11.5. The van der Waals surface area contributed by atoms with E-state index < -0.39 is 17.2 Å². The number of para-hydroxylation sites is 1. The third kappa shape index (κ3) is 9.81. The van der Waals surface area contributed by atoms with Crippen LogP contribution in [0.5, 0.6) is 0 Å². The molecule has 148 valence electrons. The highest BCUT2D eigenvalue weighted by Crippen LogP contribution is 2.15. The summed E-state index contributed by atoms with van der Waals surface area (Å²) in [4.78, 5) is 16.2. The van der Waals surface area contributed by atoms with Gasteiger partial charge in [-0.2, -0.15) is 0 Å². The van der Waals surface area contributed by atoms with Gasteiger partial charge in [0.2, 0.25) is 0 Å². The zero-order chi connectivity index (χ0) is 19.1. The molecule has 0 aliphatic rings. The van der Waals surface area contributed by atoms with Crippen molar-refractivity contribution in [1.29, 1.82) is 0 Å². The highest BCUT2D eigenvalue weighted by atomic mass is 127. The number of hydrogen-bond acceptors (Lipinski definition) is 4. The van der Waals surface area contributed by atoms with Crippen molar-refractivity contribution in [3.63, 3.8) is 0 Å². The zero-order valence-electron chi connectivity index (χ0n) is 16.4. The third-order valence-electron chi connectivity index (χ3n) is 3.06. The Balaban J connectivity index is 0.00000625. The molecular weight excluding hydrogens is 447 g/mol. The number of rotatable bonds is 6. The maximum absolute atomic E-state index is 11.9. The number of anilines is 1. The third-order valence-corrected chi connectivity index (χ3v) is 3.06. The Labute approximate surface area is 173 Å². The Kier molecular flexibility index (Phi) is 9.93. The molecule has 0 atom stereocenters. The van der Waals surface area contributed by atoms with Gasteiger partial charge in [-0.15, -0.1) is 24.0 Å². The lowest BCUT2D eigenvalue weighted by molar-refractivity contribution is 0.0476. The van der Waals surface area contributed by atoms with Gasteiger partial charge in [0.15, 0.2) is 5.96 Å². The quantitative estimate of drug-likeness (QED) is 0.331. The first-order valence-electron chi connectivity index (χ1n) is 8.17. The van der Waals surface area contributed by atoms with E-state index in [0.29, 0.717) is 13.2 Å². The topological polar surface area (TPSA) is 98.0 Å². The van der Waals surface area contributed by atoms with Crippen LogP contribution in [0, 0.1) is 0 Å². The smallest absolute Gasteiger partial charge is 0.408 e. The molecule has 1 amide bonds. The van der Waals surface area contributed by atoms with Crippen LogP contribution in [0.4, 0.5) is 10.5 Å². The molecule has 26 heavy (non-hydrogen) atoms. The Morgan fingerprint density at radius 3 is 2.38 bits per heavy atom. The van der Waals surface area contributed by atoms with Crippen molar-refractivity contribution in [2.24, 2.45) is 10.7 Å². The summed E-state index contributed by atoms with van der Waals surface area (Å²) in [7, 11) is 1.64. The Morgan fingerprint density at radius 1 is 1.19 bits per heavy atom. The average Bonchev–Trinajstić information content (AvgIpc) is 2.45. The lowest BCUT2D eigenvalue weighted by atomic mass is 10.1. The lowest BCUT2D eigenvalue weighted by Gasteiger charge is -2.27. The van der Waals surface area contributed by atoms with Crippen LogP contribution in [0.2, 0.25) is 0 Å². The second-order valence-corrected chi connectivity index (χ2v) is 7.43. The van der Waals surface area contributed by atoms with Crippen LogP contribution in [0.3, 0.4) is 0 Å². The summed E-state index contributed by atoms with van der Waals surface area (Å²) in [6, 6.07) is 7.69. The highest BCUT2D eigenvalue weighted by Gasteiger charge is 2.24. The number of amides is 1. The predicted octanol–water partition coefficient (Wildman–Crippen LogP) is 3.48. The first-order valence-corrected chi connectivity index (χ1v) is 8.17. The van der Waals surface area contributed by atoms with Crippen LogP contribution >= 0.6 is 24.0 Å². The number of halogens is 1. The van der Waals surface area contributed by atoms with Gasteiger partial charge in [0, 0.05) is 18.4 Å². The van der Waals surface area contributed by atoms with Crippen LogP contribution in [0.1, 0.15) is 40.2 Å². The van der Waals surface area contributed by atoms with Gasteiger partial charge in [-0.25, -0.2) is 4.79 Å². The van der Waals surface area contributed by atoms with Gasteiger partial charge < -0.3 is 25.8 Å². The van der Waals surface area contributed by atoms with Crippen molar-refractivity contribution >= 4 is 41.7 Å². The van der Waals surface area contributed by atoms with Crippen LogP contribution in [-0.4, -0.2) is 36.8 Å². The number of aliphatic imine (C=N–C) groups is 1. The molecule has 0 heterocycles. The zero-order valence-corrected chi connectivity index (χ0v) is 18.7. The molecule has 0 saturated heterocycles. The highest BCUT2D eigenvalue weighted by molar-refractivity contribution is 14.0. The minimum atomic E-state index is -0.597. The van der Waals surface area contributed by atoms with Gasteiger partial charge in [0.25, 0.3) is 0 Å². The molecule has 8 heteroatoms. The van der Waals surface area contributed by atoms with E-state index in [1.807, 2.05) is 58.9 Å². The molecule has 0 aliphatic heterocycles. The summed E-state index contributed by atoms with van der Waals surface area (Å²) in [6.07, 6.45) is -0.482. The van der Waals surface area contributed by atoms with Crippen LogP contribution < -0.4 is 16.4 Å². The van der Waals surface area contributed by atoms with Crippen LogP contribution in [0.25, 0.3) is 0 Å². The summed E-state index contributed by atoms with van der Waals surface area (Å²) < 4.78 is 10.4. The number of nitrogens with zero attached hydrogens (tertiary/aromatic N) is 1. The van der Waals surface area contributed by atoms with E-state index in [2.05, 4.69) is 15.6 Å². The normalized spacial score (nSPS) is 12.2. The van der Waals surface area contributed by atoms with E-state index in [0.717, 1.165) is 11.3 Å². The van der Waals surface area contributed by atoms with E-state index in [-0.39, 0.29) is 29.9 Å². The van der Waals surface area contributed by atoms with E-state index >= 15 is 0 Å². The summed E-state index contributed by atoms with van der Waals surface area (Å²) in [5, 5.41) is 5.86. The fourth-order valence-corrected chi connectivity index (χ4v) is 2.00. The van der Waals surface area contributed by atoms with Crippen molar-refractivity contribution in [3.05, 3.63) is 29.8 Å². The fourth-order valence-electron chi connectivity index (χ4n) is 2.00. The molecule has 0 saturated carbocycles. The van der Waals surface area contributed by atoms with Gasteiger partial charge >= 0.3 is 6.09 Å². The summed E-state index contributed by atoms with van der Waals surface area (Å²) in [5.41, 5.74) is 6.64. The molecule has 0 bridgehead atoms. The standard InChI is InChI=1S/C18H30N4O3.HI/c1-17(2,3)25-16(23)22-18(4,5)12-20-15(19)21-14-10-8-7-9-13(14)11-24-6;/h7-10H,11-12H2,1-6H3,(H,22,23)(H3,19,20,21);1H. The molecule has 0 aliphatic carbocycles. The molecule has 1 aromatic rings. The molecule has 1 rings (SSSR count). The SMILES string of the molecule is COCc1ccccc1NC(N)=NCC(C)(C)NC(=O)OC(C)(C)C.I. The number of carbonyl (C=O) groups is 1. The number of methoxy groups -OCH3 is 1. The largest absolute Gasteiger partial charge is 0.444 e. The van der Waals surface area contributed by atoms with Crippen molar-refractivity contribution in [3.8, 4) is 0 Å². The van der Waals surface area contributed by atoms with Gasteiger partial charge in [-0.3, -0.25) is 4.99 Å². The Morgan fingerprint density at radius 2 is 1.81 bits per heavy atom. The van der Waals surface area contributed by atoms with Gasteiger partial charge in [0.05, 0.1) is 18.7 Å². The van der Waals surface area contributed by atoms with E-state index in [4.69, 9.17) is 15.2 Å². The molecule has 0 unspecified atom stereocenters. The minimum Gasteiger partial charge on any atom is -0.444 e. The number of nitrogens with one attached hydrogen (secondary N) is 2. The second kappa shape index (κ2) is 10.6. The monoisotopic (exact) mass is 478 g/mol. The van der Waals surface area contributed by atoms with Crippen molar-refractivity contribution in [2.45, 2.75) is 52.4 Å². The van der Waals surface area contributed by atoms with E-state index in [1.54, 1.807) is 7.11 Å². The predicted molar refractivity (Wildman–Crippen MR) is 116 cm³/mol. The molecule has 0 spiro atoms. The summed E-state index contributed by atoms with van der Waals surface area (Å²) in [6.45, 7) is 9.93.